The summed E-state index contributed by atoms with van der Waals surface area (Å²) < 4.78 is 24.3. The highest BCUT2D eigenvalue weighted by atomic mass is 32.2. The lowest BCUT2D eigenvalue weighted by Gasteiger charge is -2.07. The highest BCUT2D eigenvalue weighted by Gasteiger charge is 2.28. The van der Waals surface area contributed by atoms with Crippen LogP contribution in [0.1, 0.15) is 16.9 Å². The SMILES string of the molecule is O=C(NC[C@@H]1CCS(=O)(=O)C1)c1cn(-c2ccccc2)nn1. The molecule has 1 aliphatic rings. The highest BCUT2D eigenvalue weighted by molar-refractivity contribution is 7.91. The molecule has 116 valence electrons. The number of hydrogen-bond acceptors (Lipinski definition) is 5. The summed E-state index contributed by atoms with van der Waals surface area (Å²) in [5, 5.41) is 10.5. The molecule has 1 aromatic heterocycles. The van der Waals surface area contributed by atoms with Gasteiger partial charge in [-0.2, -0.15) is 0 Å². The van der Waals surface area contributed by atoms with Gasteiger partial charge < -0.3 is 5.32 Å². The maximum Gasteiger partial charge on any atom is 0.273 e. The molecular weight excluding hydrogens is 304 g/mol. The van der Waals surface area contributed by atoms with Crippen LogP contribution < -0.4 is 5.32 Å². The van der Waals surface area contributed by atoms with E-state index in [1.807, 2.05) is 30.3 Å². The second-order valence-electron chi connectivity index (χ2n) is 5.36. The number of carbonyl (C=O) groups excluding carboxylic acids is 1. The summed E-state index contributed by atoms with van der Waals surface area (Å²) >= 11 is 0. The van der Waals surface area contributed by atoms with Crippen LogP contribution >= 0.6 is 0 Å². The van der Waals surface area contributed by atoms with E-state index in [9.17, 15) is 13.2 Å². The first-order valence-corrected chi connectivity index (χ1v) is 8.82. The maximum atomic E-state index is 12.0. The van der Waals surface area contributed by atoms with E-state index < -0.39 is 9.84 Å². The molecule has 1 saturated heterocycles. The van der Waals surface area contributed by atoms with Crippen molar-refractivity contribution in [2.45, 2.75) is 6.42 Å². The molecule has 1 atom stereocenters. The van der Waals surface area contributed by atoms with E-state index in [1.165, 1.54) is 4.68 Å². The lowest BCUT2D eigenvalue weighted by Crippen LogP contribution is -2.30. The minimum absolute atomic E-state index is 0.0156. The number of sulfone groups is 1. The molecule has 0 radical (unpaired) electrons. The van der Waals surface area contributed by atoms with Gasteiger partial charge in [0.15, 0.2) is 15.5 Å². The first-order valence-electron chi connectivity index (χ1n) is 7.00. The number of rotatable bonds is 4. The Balaban J connectivity index is 1.60. The lowest BCUT2D eigenvalue weighted by molar-refractivity contribution is 0.0943. The number of para-hydroxylation sites is 1. The molecule has 1 amide bonds. The van der Waals surface area contributed by atoms with Crippen LogP contribution in [0.4, 0.5) is 0 Å². The molecule has 0 spiro atoms. The quantitative estimate of drug-likeness (QED) is 0.882. The average molecular weight is 320 g/mol. The van der Waals surface area contributed by atoms with Crippen molar-refractivity contribution in [1.82, 2.24) is 20.3 Å². The van der Waals surface area contributed by atoms with Gasteiger partial charge in [0.25, 0.3) is 5.91 Å². The zero-order valence-electron chi connectivity index (χ0n) is 11.8. The summed E-state index contributed by atoms with van der Waals surface area (Å²) in [7, 11) is -2.92. The van der Waals surface area contributed by atoms with Crippen LogP contribution in [-0.2, 0) is 9.84 Å². The van der Waals surface area contributed by atoms with Gasteiger partial charge in [-0.3, -0.25) is 4.79 Å². The molecule has 0 aliphatic carbocycles. The van der Waals surface area contributed by atoms with Crippen LogP contribution in [0.15, 0.2) is 36.5 Å². The van der Waals surface area contributed by atoms with Crippen LogP contribution in [-0.4, -0.2) is 47.4 Å². The molecule has 0 saturated carbocycles. The van der Waals surface area contributed by atoms with Crippen molar-refractivity contribution in [3.05, 3.63) is 42.2 Å². The van der Waals surface area contributed by atoms with E-state index in [0.717, 1.165) is 5.69 Å². The fourth-order valence-corrected chi connectivity index (χ4v) is 4.30. The number of hydrogen-bond donors (Lipinski definition) is 1. The van der Waals surface area contributed by atoms with E-state index in [0.29, 0.717) is 13.0 Å². The van der Waals surface area contributed by atoms with Crippen LogP contribution in [0.3, 0.4) is 0 Å². The molecule has 1 aromatic carbocycles. The standard InChI is InChI=1S/C14H16N4O3S/c19-14(15-8-11-6-7-22(20,21)10-11)13-9-18(17-16-13)12-4-2-1-3-5-12/h1-5,9,11H,6-8,10H2,(H,15,19)/t11-/m0/s1. The van der Waals surface area contributed by atoms with Crippen molar-refractivity contribution in [3.63, 3.8) is 0 Å². The van der Waals surface area contributed by atoms with Gasteiger partial charge in [0.2, 0.25) is 0 Å². The highest BCUT2D eigenvalue weighted by Crippen LogP contribution is 2.17. The fourth-order valence-electron chi connectivity index (χ4n) is 2.44. The number of carbonyl (C=O) groups is 1. The number of nitrogens with zero attached hydrogens (tertiary/aromatic N) is 3. The van der Waals surface area contributed by atoms with E-state index in [4.69, 9.17) is 0 Å². The summed E-state index contributed by atoms with van der Waals surface area (Å²) in [5.74, 6) is -0.00793. The molecule has 1 N–H and O–H groups in total. The first-order chi connectivity index (χ1) is 10.5. The third-order valence-electron chi connectivity index (χ3n) is 3.62. The molecule has 2 heterocycles. The Morgan fingerprint density at radius 3 is 2.77 bits per heavy atom. The Morgan fingerprint density at radius 1 is 1.32 bits per heavy atom. The first kappa shape index (κ1) is 14.7. The fraction of sp³-hybridized carbons (Fsp3) is 0.357. The zero-order chi connectivity index (χ0) is 15.6. The Morgan fingerprint density at radius 2 is 2.09 bits per heavy atom. The Labute approximate surface area is 128 Å². The van der Waals surface area contributed by atoms with Gasteiger partial charge in [0.1, 0.15) is 0 Å². The van der Waals surface area contributed by atoms with Crippen LogP contribution in [0.5, 0.6) is 0 Å². The summed E-state index contributed by atoms with van der Waals surface area (Å²) in [6.45, 7) is 0.344. The third kappa shape index (κ3) is 3.33. The second kappa shape index (κ2) is 5.88. The molecule has 1 aliphatic heterocycles. The van der Waals surface area contributed by atoms with Gasteiger partial charge in [0, 0.05) is 6.54 Å². The summed E-state index contributed by atoms with van der Waals surface area (Å²) in [6, 6.07) is 9.36. The Bertz CT molecular complexity index is 770. The summed E-state index contributed by atoms with van der Waals surface area (Å²) in [6.07, 6.45) is 2.15. The molecule has 8 heteroatoms. The minimum Gasteiger partial charge on any atom is -0.350 e. The maximum absolute atomic E-state index is 12.0. The molecule has 7 nitrogen and oxygen atoms in total. The number of aromatic nitrogens is 3. The summed E-state index contributed by atoms with van der Waals surface area (Å²) in [4.78, 5) is 12.0. The van der Waals surface area contributed by atoms with Crippen molar-refractivity contribution in [3.8, 4) is 5.69 Å². The predicted molar refractivity (Wildman–Crippen MR) is 80.5 cm³/mol. The molecule has 0 bridgehead atoms. The van der Waals surface area contributed by atoms with E-state index in [-0.39, 0.29) is 29.0 Å². The summed E-state index contributed by atoms with van der Waals surface area (Å²) in [5.41, 5.74) is 1.03. The van der Waals surface area contributed by atoms with Crippen molar-refractivity contribution >= 4 is 15.7 Å². The molecular formula is C14H16N4O3S. The van der Waals surface area contributed by atoms with Gasteiger partial charge in [0.05, 0.1) is 23.4 Å². The van der Waals surface area contributed by atoms with Gasteiger partial charge in [-0.05, 0) is 24.5 Å². The molecule has 3 rings (SSSR count). The topological polar surface area (TPSA) is 94.0 Å². The Hall–Kier alpha value is -2.22. The van der Waals surface area contributed by atoms with Gasteiger partial charge >= 0.3 is 0 Å². The van der Waals surface area contributed by atoms with Gasteiger partial charge in [-0.1, -0.05) is 23.4 Å². The van der Waals surface area contributed by atoms with Crippen molar-refractivity contribution in [2.75, 3.05) is 18.1 Å². The van der Waals surface area contributed by atoms with Crippen LogP contribution in [0.2, 0.25) is 0 Å². The van der Waals surface area contributed by atoms with E-state index in [1.54, 1.807) is 6.20 Å². The average Bonchev–Trinajstić information content (AvgIpc) is 3.12. The number of nitrogens with one attached hydrogen (secondary N) is 1. The number of amides is 1. The zero-order valence-corrected chi connectivity index (χ0v) is 12.7. The smallest absolute Gasteiger partial charge is 0.273 e. The monoisotopic (exact) mass is 320 g/mol. The normalized spacial score (nSPS) is 19.9. The van der Waals surface area contributed by atoms with E-state index in [2.05, 4.69) is 15.6 Å². The molecule has 2 aromatic rings. The predicted octanol–water partition coefficient (Wildman–Crippen LogP) is 0.432. The third-order valence-corrected chi connectivity index (χ3v) is 5.46. The molecule has 22 heavy (non-hydrogen) atoms. The largest absolute Gasteiger partial charge is 0.350 e. The van der Waals surface area contributed by atoms with Crippen LogP contribution in [0.25, 0.3) is 5.69 Å². The Kier molecular flexibility index (Phi) is 3.93. The minimum atomic E-state index is -2.92. The second-order valence-corrected chi connectivity index (χ2v) is 7.59. The van der Waals surface area contributed by atoms with Crippen molar-refractivity contribution in [2.24, 2.45) is 5.92 Å². The lowest BCUT2D eigenvalue weighted by atomic mass is 10.1. The van der Waals surface area contributed by atoms with Gasteiger partial charge in [-0.15, -0.1) is 5.10 Å². The van der Waals surface area contributed by atoms with Crippen LogP contribution in [0, 0.1) is 5.92 Å². The van der Waals surface area contributed by atoms with Gasteiger partial charge in [-0.25, -0.2) is 13.1 Å². The molecule has 0 unspecified atom stereocenters. The van der Waals surface area contributed by atoms with E-state index >= 15 is 0 Å². The number of benzene rings is 1. The molecule has 1 fully saturated rings. The van der Waals surface area contributed by atoms with Crippen molar-refractivity contribution in [1.29, 1.82) is 0 Å². The van der Waals surface area contributed by atoms with Crippen molar-refractivity contribution < 1.29 is 13.2 Å².